The molecule has 11 nitrogen and oxygen atoms in total. The zero-order chi connectivity index (χ0) is 28.9. The number of imide groups is 1. The average Bonchev–Trinajstić information content (AvgIpc) is 2.91. The number of likely N-dealkylation sites (tertiary alicyclic amines) is 1. The Bertz CT molecular complexity index is 1070. The Kier molecular flexibility index (Phi) is 9.55. The van der Waals surface area contributed by atoms with Crippen LogP contribution in [0, 0.1) is 0 Å². The summed E-state index contributed by atoms with van der Waals surface area (Å²) in [4.78, 5) is 57.2. The van der Waals surface area contributed by atoms with Crippen molar-refractivity contribution in [2.75, 3.05) is 62.7 Å². The number of rotatable bonds is 7. The SMILES string of the molecule is CN(c1cccc(N2CCN(CCC(=O)N3CCC(NC(=O)OC(C)(C)C)CC3)CC2)c1)C1CCC(=O)NC1=O. The molecule has 4 amide bonds. The molecule has 1 aromatic rings. The second kappa shape index (κ2) is 12.9. The highest BCUT2D eigenvalue weighted by Gasteiger charge is 2.30. The van der Waals surface area contributed by atoms with Crippen molar-refractivity contribution in [1.29, 1.82) is 0 Å². The lowest BCUT2D eigenvalue weighted by Gasteiger charge is -2.37. The van der Waals surface area contributed by atoms with Crippen LogP contribution in [0.3, 0.4) is 0 Å². The number of amides is 4. The molecule has 3 fully saturated rings. The maximum Gasteiger partial charge on any atom is 0.407 e. The lowest BCUT2D eigenvalue weighted by atomic mass is 10.0. The molecule has 3 saturated heterocycles. The highest BCUT2D eigenvalue weighted by Crippen LogP contribution is 2.26. The molecule has 0 bridgehead atoms. The molecule has 4 rings (SSSR count). The Morgan fingerprint density at radius 3 is 2.40 bits per heavy atom. The number of hydrogen-bond donors (Lipinski definition) is 2. The van der Waals surface area contributed by atoms with Gasteiger partial charge in [-0.1, -0.05) is 6.07 Å². The van der Waals surface area contributed by atoms with Gasteiger partial charge >= 0.3 is 6.09 Å². The van der Waals surface area contributed by atoms with Gasteiger partial charge in [-0.05, 0) is 58.2 Å². The highest BCUT2D eigenvalue weighted by atomic mass is 16.6. The van der Waals surface area contributed by atoms with Crippen LogP contribution < -0.4 is 20.4 Å². The van der Waals surface area contributed by atoms with Crippen LogP contribution in [0.1, 0.15) is 52.9 Å². The number of piperidine rings is 2. The van der Waals surface area contributed by atoms with E-state index < -0.39 is 11.7 Å². The molecule has 11 heteroatoms. The Balaban J connectivity index is 1.18. The number of nitrogens with one attached hydrogen (secondary N) is 2. The number of nitrogens with zero attached hydrogens (tertiary/aromatic N) is 4. The molecule has 3 aliphatic heterocycles. The fraction of sp³-hybridized carbons (Fsp3) is 0.655. The van der Waals surface area contributed by atoms with Crippen molar-refractivity contribution in [3.8, 4) is 0 Å². The summed E-state index contributed by atoms with van der Waals surface area (Å²) < 4.78 is 5.34. The summed E-state index contributed by atoms with van der Waals surface area (Å²) in [5.74, 6) is -0.281. The summed E-state index contributed by atoms with van der Waals surface area (Å²) in [5, 5.41) is 5.36. The number of anilines is 2. The quantitative estimate of drug-likeness (QED) is 0.490. The van der Waals surface area contributed by atoms with Crippen molar-refractivity contribution < 1.29 is 23.9 Å². The van der Waals surface area contributed by atoms with E-state index in [-0.39, 0.29) is 29.8 Å². The van der Waals surface area contributed by atoms with Gasteiger partial charge < -0.3 is 24.8 Å². The van der Waals surface area contributed by atoms with Crippen LogP contribution in [0.25, 0.3) is 0 Å². The number of carbonyl (C=O) groups is 4. The zero-order valence-corrected chi connectivity index (χ0v) is 24.3. The van der Waals surface area contributed by atoms with Crippen molar-refractivity contribution >= 4 is 35.2 Å². The van der Waals surface area contributed by atoms with E-state index in [0.29, 0.717) is 32.4 Å². The standard InChI is InChI=1S/C29H44N6O5/c1-29(2,3)40-28(39)30-21-10-14-35(15-11-21)26(37)12-13-33-16-18-34(19-17-33)23-7-5-6-22(20-23)32(4)24-8-9-25(36)31-27(24)38/h5-7,20-21,24H,8-19H2,1-4H3,(H,30,39)(H,31,36,38). The predicted octanol–water partition coefficient (Wildman–Crippen LogP) is 1.96. The third-order valence-corrected chi connectivity index (χ3v) is 7.86. The molecule has 1 unspecified atom stereocenters. The first-order valence-corrected chi connectivity index (χ1v) is 14.4. The van der Waals surface area contributed by atoms with E-state index in [1.165, 1.54) is 0 Å². The maximum atomic E-state index is 12.8. The molecule has 0 aliphatic carbocycles. The molecule has 2 N–H and O–H groups in total. The Morgan fingerprint density at radius 2 is 1.75 bits per heavy atom. The number of benzene rings is 1. The van der Waals surface area contributed by atoms with Gasteiger partial charge in [-0.25, -0.2) is 4.79 Å². The maximum absolute atomic E-state index is 12.8. The van der Waals surface area contributed by atoms with Gasteiger partial charge in [-0.3, -0.25) is 24.6 Å². The van der Waals surface area contributed by atoms with Crippen LogP contribution in [0.4, 0.5) is 16.2 Å². The minimum Gasteiger partial charge on any atom is -0.444 e. The number of alkyl carbamates (subject to hydrolysis) is 1. The first-order chi connectivity index (χ1) is 19.0. The number of carbonyl (C=O) groups excluding carboxylic acids is 4. The summed E-state index contributed by atoms with van der Waals surface area (Å²) in [6.07, 6.45) is 2.45. The molecule has 0 spiro atoms. The number of ether oxygens (including phenoxy) is 1. The Labute approximate surface area is 237 Å². The van der Waals surface area contributed by atoms with Crippen LogP contribution in [-0.2, 0) is 19.1 Å². The van der Waals surface area contributed by atoms with E-state index in [0.717, 1.165) is 56.9 Å². The number of hydrogen-bond acceptors (Lipinski definition) is 8. The molecule has 0 saturated carbocycles. The van der Waals surface area contributed by atoms with E-state index in [2.05, 4.69) is 32.6 Å². The van der Waals surface area contributed by atoms with Gasteiger partial charge in [0.25, 0.3) is 0 Å². The van der Waals surface area contributed by atoms with E-state index in [1.54, 1.807) is 0 Å². The summed E-state index contributed by atoms with van der Waals surface area (Å²) in [5.41, 5.74) is 1.53. The van der Waals surface area contributed by atoms with E-state index in [1.807, 2.05) is 49.8 Å². The average molecular weight is 557 g/mol. The zero-order valence-electron chi connectivity index (χ0n) is 24.3. The highest BCUT2D eigenvalue weighted by molar-refractivity contribution is 6.01. The molecule has 1 atom stereocenters. The Hall–Kier alpha value is -3.34. The summed E-state index contributed by atoms with van der Waals surface area (Å²) >= 11 is 0. The lowest BCUT2D eigenvalue weighted by molar-refractivity contribution is -0.134. The summed E-state index contributed by atoms with van der Waals surface area (Å²) in [6, 6.07) is 7.87. The third kappa shape index (κ3) is 8.09. The number of piperazine rings is 1. The monoisotopic (exact) mass is 556 g/mol. The number of likely N-dealkylation sites (N-methyl/N-ethyl adjacent to an activating group) is 1. The van der Waals surface area contributed by atoms with Gasteiger partial charge in [0, 0.05) is 83.1 Å². The van der Waals surface area contributed by atoms with Gasteiger partial charge in [0.1, 0.15) is 11.6 Å². The molecule has 1 aromatic carbocycles. The van der Waals surface area contributed by atoms with Crippen molar-refractivity contribution in [2.24, 2.45) is 0 Å². The molecule has 3 aliphatic rings. The van der Waals surface area contributed by atoms with Crippen molar-refractivity contribution in [1.82, 2.24) is 20.4 Å². The Morgan fingerprint density at radius 1 is 1.05 bits per heavy atom. The largest absolute Gasteiger partial charge is 0.444 e. The lowest BCUT2D eigenvalue weighted by Crippen LogP contribution is -2.51. The first-order valence-electron chi connectivity index (χ1n) is 14.4. The summed E-state index contributed by atoms with van der Waals surface area (Å²) in [6.45, 7) is 11.0. The van der Waals surface area contributed by atoms with E-state index in [9.17, 15) is 19.2 Å². The van der Waals surface area contributed by atoms with Gasteiger partial charge in [0.15, 0.2) is 0 Å². The fourth-order valence-electron chi connectivity index (χ4n) is 5.53. The van der Waals surface area contributed by atoms with Crippen molar-refractivity contribution in [3.05, 3.63) is 24.3 Å². The van der Waals surface area contributed by atoms with Crippen LogP contribution in [0.5, 0.6) is 0 Å². The van der Waals surface area contributed by atoms with Crippen molar-refractivity contribution in [2.45, 2.75) is 70.6 Å². The van der Waals surface area contributed by atoms with Gasteiger partial charge in [0.05, 0.1) is 0 Å². The predicted molar refractivity (Wildman–Crippen MR) is 153 cm³/mol. The first kappa shape index (κ1) is 29.6. The van der Waals surface area contributed by atoms with Gasteiger partial charge in [0.2, 0.25) is 17.7 Å². The van der Waals surface area contributed by atoms with E-state index in [4.69, 9.17) is 4.74 Å². The van der Waals surface area contributed by atoms with Crippen LogP contribution in [0.15, 0.2) is 24.3 Å². The smallest absolute Gasteiger partial charge is 0.407 e. The molecule has 3 heterocycles. The molecule has 40 heavy (non-hydrogen) atoms. The molecular formula is C29H44N6O5. The normalized spacial score (nSPS) is 21.1. The van der Waals surface area contributed by atoms with Crippen molar-refractivity contribution in [3.63, 3.8) is 0 Å². The topological polar surface area (TPSA) is 115 Å². The van der Waals surface area contributed by atoms with Crippen LogP contribution >= 0.6 is 0 Å². The fourth-order valence-corrected chi connectivity index (χ4v) is 5.53. The second-order valence-corrected chi connectivity index (χ2v) is 12.0. The molecular weight excluding hydrogens is 512 g/mol. The summed E-state index contributed by atoms with van der Waals surface area (Å²) in [7, 11) is 1.90. The van der Waals surface area contributed by atoms with E-state index >= 15 is 0 Å². The third-order valence-electron chi connectivity index (χ3n) is 7.86. The van der Waals surface area contributed by atoms with Crippen LogP contribution in [-0.4, -0.2) is 104 Å². The minimum atomic E-state index is -0.523. The molecule has 0 aromatic heterocycles. The van der Waals surface area contributed by atoms with Crippen LogP contribution in [0.2, 0.25) is 0 Å². The van der Waals surface area contributed by atoms with Gasteiger partial charge in [-0.2, -0.15) is 0 Å². The van der Waals surface area contributed by atoms with Gasteiger partial charge in [-0.15, -0.1) is 0 Å². The molecule has 220 valence electrons. The second-order valence-electron chi connectivity index (χ2n) is 12.0. The minimum absolute atomic E-state index is 0.0364. The molecule has 0 radical (unpaired) electrons.